The maximum atomic E-state index is 9.93. The van der Waals surface area contributed by atoms with Crippen LogP contribution in [0.3, 0.4) is 0 Å². The third-order valence-corrected chi connectivity index (χ3v) is 3.19. The molecule has 0 aromatic heterocycles. The third-order valence-electron chi connectivity index (χ3n) is 2.86. The SMILES string of the molecule is COc1ccc(Cc2c(O)cc(C)cc2Cl)cc1. The van der Waals surface area contributed by atoms with E-state index in [2.05, 4.69) is 0 Å². The normalized spacial score (nSPS) is 10.4. The van der Waals surface area contributed by atoms with E-state index >= 15 is 0 Å². The molecule has 0 saturated carbocycles. The van der Waals surface area contributed by atoms with Crippen LogP contribution in [-0.4, -0.2) is 12.2 Å². The van der Waals surface area contributed by atoms with Crippen molar-refractivity contribution in [2.75, 3.05) is 7.11 Å². The molecule has 0 heterocycles. The van der Waals surface area contributed by atoms with Crippen LogP contribution in [0.25, 0.3) is 0 Å². The zero-order valence-corrected chi connectivity index (χ0v) is 11.2. The summed E-state index contributed by atoms with van der Waals surface area (Å²) in [5, 5.41) is 10.5. The van der Waals surface area contributed by atoms with Crippen molar-refractivity contribution >= 4 is 11.6 Å². The standard InChI is InChI=1S/C15H15ClO2/c1-10-7-14(16)13(15(17)8-10)9-11-3-5-12(18-2)6-4-11/h3-8,17H,9H2,1-2H3. The van der Waals surface area contributed by atoms with Crippen molar-refractivity contribution in [3.05, 3.63) is 58.1 Å². The number of benzene rings is 2. The highest BCUT2D eigenvalue weighted by molar-refractivity contribution is 6.31. The molecule has 0 atom stereocenters. The maximum absolute atomic E-state index is 9.93. The van der Waals surface area contributed by atoms with Crippen LogP contribution in [0.5, 0.6) is 11.5 Å². The first-order chi connectivity index (χ1) is 8.60. The second kappa shape index (κ2) is 5.32. The van der Waals surface area contributed by atoms with Crippen molar-refractivity contribution in [2.45, 2.75) is 13.3 Å². The fourth-order valence-corrected chi connectivity index (χ4v) is 2.21. The summed E-state index contributed by atoms with van der Waals surface area (Å²) < 4.78 is 5.11. The number of aromatic hydroxyl groups is 1. The summed E-state index contributed by atoms with van der Waals surface area (Å²) in [5.74, 6) is 1.06. The van der Waals surface area contributed by atoms with Gasteiger partial charge in [-0.15, -0.1) is 0 Å². The van der Waals surface area contributed by atoms with Crippen molar-refractivity contribution in [3.8, 4) is 11.5 Å². The van der Waals surface area contributed by atoms with E-state index < -0.39 is 0 Å². The van der Waals surface area contributed by atoms with Gasteiger partial charge in [0.2, 0.25) is 0 Å². The first-order valence-electron chi connectivity index (χ1n) is 5.71. The molecule has 0 aliphatic rings. The zero-order valence-electron chi connectivity index (χ0n) is 10.4. The van der Waals surface area contributed by atoms with Crippen molar-refractivity contribution in [2.24, 2.45) is 0 Å². The molecule has 0 amide bonds. The van der Waals surface area contributed by atoms with Crippen LogP contribution in [-0.2, 0) is 6.42 Å². The minimum Gasteiger partial charge on any atom is -0.508 e. The van der Waals surface area contributed by atoms with Gasteiger partial charge in [0, 0.05) is 17.0 Å². The monoisotopic (exact) mass is 262 g/mol. The minimum atomic E-state index is 0.246. The van der Waals surface area contributed by atoms with Crippen molar-refractivity contribution in [1.82, 2.24) is 0 Å². The van der Waals surface area contributed by atoms with Gasteiger partial charge in [-0.1, -0.05) is 23.7 Å². The van der Waals surface area contributed by atoms with Crippen LogP contribution in [0.4, 0.5) is 0 Å². The van der Waals surface area contributed by atoms with E-state index in [0.717, 1.165) is 22.4 Å². The van der Waals surface area contributed by atoms with Gasteiger partial charge in [0.15, 0.2) is 0 Å². The van der Waals surface area contributed by atoms with E-state index in [1.807, 2.05) is 37.3 Å². The molecule has 0 unspecified atom stereocenters. The summed E-state index contributed by atoms with van der Waals surface area (Å²) in [4.78, 5) is 0. The molecule has 0 saturated heterocycles. The number of hydrogen-bond donors (Lipinski definition) is 1. The Balaban J connectivity index is 2.28. The lowest BCUT2D eigenvalue weighted by molar-refractivity contribution is 0.414. The Kier molecular flexibility index (Phi) is 3.78. The number of rotatable bonds is 3. The van der Waals surface area contributed by atoms with Crippen molar-refractivity contribution in [3.63, 3.8) is 0 Å². The predicted molar refractivity (Wildman–Crippen MR) is 73.7 cm³/mol. The van der Waals surface area contributed by atoms with Gasteiger partial charge in [-0.25, -0.2) is 0 Å². The average Bonchev–Trinajstić information content (AvgIpc) is 2.34. The fraction of sp³-hybridized carbons (Fsp3) is 0.200. The Labute approximate surface area is 112 Å². The molecule has 18 heavy (non-hydrogen) atoms. The molecule has 3 heteroatoms. The molecule has 2 rings (SSSR count). The Morgan fingerprint density at radius 1 is 1.17 bits per heavy atom. The molecular weight excluding hydrogens is 248 g/mol. The van der Waals surface area contributed by atoms with Crippen LogP contribution in [0, 0.1) is 6.92 Å². The summed E-state index contributed by atoms with van der Waals surface area (Å²) in [7, 11) is 1.64. The smallest absolute Gasteiger partial charge is 0.120 e. The molecule has 0 bridgehead atoms. The molecule has 2 nitrogen and oxygen atoms in total. The van der Waals surface area contributed by atoms with Gasteiger partial charge in [-0.3, -0.25) is 0 Å². The highest BCUT2D eigenvalue weighted by Gasteiger charge is 2.08. The molecule has 0 fully saturated rings. The summed E-state index contributed by atoms with van der Waals surface area (Å²) in [6.07, 6.45) is 0.606. The molecule has 2 aromatic carbocycles. The third kappa shape index (κ3) is 2.77. The molecule has 0 radical (unpaired) electrons. The molecule has 0 aliphatic heterocycles. The molecule has 1 N–H and O–H groups in total. The number of halogens is 1. The van der Waals surface area contributed by atoms with Gasteiger partial charge in [0.1, 0.15) is 11.5 Å². The highest BCUT2D eigenvalue weighted by atomic mass is 35.5. The summed E-state index contributed by atoms with van der Waals surface area (Å²) in [6.45, 7) is 1.91. The summed E-state index contributed by atoms with van der Waals surface area (Å²) >= 11 is 6.16. The largest absolute Gasteiger partial charge is 0.508 e. The van der Waals surface area contributed by atoms with E-state index in [9.17, 15) is 5.11 Å². The second-order valence-electron chi connectivity index (χ2n) is 4.27. The van der Waals surface area contributed by atoms with E-state index in [1.54, 1.807) is 13.2 Å². The number of hydrogen-bond acceptors (Lipinski definition) is 2. The quantitative estimate of drug-likeness (QED) is 0.907. The topological polar surface area (TPSA) is 29.5 Å². The Hall–Kier alpha value is -1.67. The maximum Gasteiger partial charge on any atom is 0.120 e. The van der Waals surface area contributed by atoms with Crippen LogP contribution in [0.15, 0.2) is 36.4 Å². The summed E-state index contributed by atoms with van der Waals surface area (Å²) in [5.41, 5.74) is 2.79. The Bertz CT molecular complexity index is 524. The molecule has 0 spiro atoms. The lowest BCUT2D eigenvalue weighted by Crippen LogP contribution is -1.92. The number of phenols is 1. The predicted octanol–water partition coefficient (Wildman–Crippen LogP) is 3.95. The lowest BCUT2D eigenvalue weighted by Gasteiger charge is -2.09. The van der Waals surface area contributed by atoms with Gasteiger partial charge < -0.3 is 9.84 Å². The average molecular weight is 263 g/mol. The van der Waals surface area contributed by atoms with Crippen LogP contribution < -0.4 is 4.74 Å². The molecule has 2 aromatic rings. The van der Waals surface area contributed by atoms with Gasteiger partial charge in [-0.2, -0.15) is 0 Å². The van der Waals surface area contributed by atoms with E-state index in [0.29, 0.717) is 11.4 Å². The van der Waals surface area contributed by atoms with Gasteiger partial charge in [0.25, 0.3) is 0 Å². The molecular formula is C15H15ClO2. The second-order valence-corrected chi connectivity index (χ2v) is 4.68. The number of ether oxygens (including phenoxy) is 1. The van der Waals surface area contributed by atoms with E-state index in [-0.39, 0.29) is 5.75 Å². The lowest BCUT2D eigenvalue weighted by atomic mass is 10.0. The minimum absolute atomic E-state index is 0.246. The van der Waals surface area contributed by atoms with Crippen LogP contribution in [0.1, 0.15) is 16.7 Å². The number of methoxy groups -OCH3 is 1. The Morgan fingerprint density at radius 2 is 1.83 bits per heavy atom. The van der Waals surface area contributed by atoms with Gasteiger partial charge in [-0.05, 0) is 42.3 Å². The number of aryl methyl sites for hydroxylation is 1. The van der Waals surface area contributed by atoms with Gasteiger partial charge >= 0.3 is 0 Å². The number of phenolic OH excluding ortho intramolecular Hbond substituents is 1. The van der Waals surface area contributed by atoms with Gasteiger partial charge in [0.05, 0.1) is 7.11 Å². The fourth-order valence-electron chi connectivity index (χ4n) is 1.88. The summed E-state index contributed by atoms with van der Waals surface area (Å²) in [6, 6.07) is 11.3. The first-order valence-corrected chi connectivity index (χ1v) is 6.09. The molecule has 94 valence electrons. The van der Waals surface area contributed by atoms with E-state index in [1.165, 1.54) is 0 Å². The van der Waals surface area contributed by atoms with Crippen LogP contribution in [0.2, 0.25) is 5.02 Å². The van der Waals surface area contributed by atoms with Crippen molar-refractivity contribution in [1.29, 1.82) is 0 Å². The van der Waals surface area contributed by atoms with E-state index in [4.69, 9.17) is 16.3 Å². The zero-order chi connectivity index (χ0) is 13.1. The van der Waals surface area contributed by atoms with Crippen molar-refractivity contribution < 1.29 is 9.84 Å². The highest BCUT2D eigenvalue weighted by Crippen LogP contribution is 2.30. The Morgan fingerprint density at radius 3 is 2.39 bits per heavy atom. The molecule has 0 aliphatic carbocycles. The first kappa shape index (κ1) is 12.8. The van der Waals surface area contributed by atoms with Crippen LogP contribution >= 0.6 is 11.6 Å².